The van der Waals surface area contributed by atoms with E-state index >= 15 is 0 Å². The molecule has 0 heterocycles. The zero-order valence-electron chi connectivity index (χ0n) is 13.3. The molecule has 0 saturated carbocycles. The molecule has 0 amide bonds. The lowest BCUT2D eigenvalue weighted by molar-refractivity contribution is -0.132. The standard InChI is InChI=1S/C16H24F3N3/c1-4-20-15(22-10-8-16(17,18)19)21-9-7-14-6-5-12(2)11-13(14)3/h5-6,11H,4,7-10H2,1-3H3,(H2,20,21,22). The van der Waals surface area contributed by atoms with Crippen LogP contribution in [0.1, 0.15) is 30.0 Å². The summed E-state index contributed by atoms with van der Waals surface area (Å²) >= 11 is 0. The van der Waals surface area contributed by atoms with Crippen molar-refractivity contribution in [3.05, 3.63) is 34.9 Å². The molecule has 124 valence electrons. The van der Waals surface area contributed by atoms with Crippen LogP contribution in [0.4, 0.5) is 13.2 Å². The average Bonchev–Trinajstić information content (AvgIpc) is 2.40. The SMILES string of the molecule is CCNC(=NCCC(F)(F)F)NCCc1ccc(C)cc1C. The first kappa shape index (κ1) is 18.3. The molecule has 0 aliphatic heterocycles. The predicted octanol–water partition coefficient (Wildman–Crippen LogP) is 3.35. The van der Waals surface area contributed by atoms with E-state index in [0.29, 0.717) is 19.0 Å². The Morgan fingerprint density at radius 1 is 1.18 bits per heavy atom. The first-order valence-corrected chi connectivity index (χ1v) is 7.47. The summed E-state index contributed by atoms with van der Waals surface area (Å²) in [6, 6.07) is 6.27. The quantitative estimate of drug-likeness (QED) is 0.624. The monoisotopic (exact) mass is 315 g/mol. The molecule has 0 atom stereocenters. The maximum Gasteiger partial charge on any atom is 0.390 e. The van der Waals surface area contributed by atoms with Crippen molar-refractivity contribution >= 4 is 5.96 Å². The van der Waals surface area contributed by atoms with E-state index in [-0.39, 0.29) is 6.54 Å². The van der Waals surface area contributed by atoms with E-state index in [4.69, 9.17) is 0 Å². The number of aliphatic imine (C=N–C) groups is 1. The Morgan fingerprint density at radius 3 is 2.50 bits per heavy atom. The molecule has 0 aliphatic rings. The van der Waals surface area contributed by atoms with Gasteiger partial charge in [0, 0.05) is 13.1 Å². The highest BCUT2D eigenvalue weighted by Crippen LogP contribution is 2.18. The summed E-state index contributed by atoms with van der Waals surface area (Å²) < 4.78 is 36.4. The van der Waals surface area contributed by atoms with Crippen LogP contribution in [0.25, 0.3) is 0 Å². The highest BCUT2D eigenvalue weighted by atomic mass is 19.4. The molecule has 3 nitrogen and oxygen atoms in total. The molecule has 6 heteroatoms. The molecule has 0 saturated heterocycles. The summed E-state index contributed by atoms with van der Waals surface area (Å²) in [6.45, 7) is 6.97. The van der Waals surface area contributed by atoms with Crippen LogP contribution in [0.15, 0.2) is 23.2 Å². The first-order chi connectivity index (χ1) is 10.3. The van der Waals surface area contributed by atoms with E-state index in [9.17, 15) is 13.2 Å². The molecule has 0 spiro atoms. The van der Waals surface area contributed by atoms with Gasteiger partial charge in [0.05, 0.1) is 13.0 Å². The molecular weight excluding hydrogens is 291 g/mol. The molecule has 1 rings (SSSR count). The summed E-state index contributed by atoms with van der Waals surface area (Å²) in [4.78, 5) is 3.94. The van der Waals surface area contributed by atoms with Crippen LogP contribution in [0.3, 0.4) is 0 Å². The largest absolute Gasteiger partial charge is 0.390 e. The minimum Gasteiger partial charge on any atom is -0.357 e. The smallest absolute Gasteiger partial charge is 0.357 e. The summed E-state index contributed by atoms with van der Waals surface area (Å²) in [5.74, 6) is 0.427. The number of hydrogen-bond acceptors (Lipinski definition) is 1. The van der Waals surface area contributed by atoms with Gasteiger partial charge in [-0.3, -0.25) is 4.99 Å². The second kappa shape index (κ2) is 8.66. The number of nitrogens with zero attached hydrogens (tertiary/aromatic N) is 1. The van der Waals surface area contributed by atoms with Gasteiger partial charge in [-0.25, -0.2) is 0 Å². The molecular formula is C16H24F3N3. The number of benzene rings is 1. The van der Waals surface area contributed by atoms with Gasteiger partial charge in [0.15, 0.2) is 5.96 Å². The number of hydrogen-bond donors (Lipinski definition) is 2. The van der Waals surface area contributed by atoms with Crippen LogP contribution < -0.4 is 10.6 Å². The van der Waals surface area contributed by atoms with E-state index in [0.717, 1.165) is 6.42 Å². The number of aryl methyl sites for hydroxylation is 2. The summed E-state index contributed by atoms with van der Waals surface area (Å²) in [7, 11) is 0. The molecule has 0 unspecified atom stereocenters. The number of halogens is 3. The van der Waals surface area contributed by atoms with Crippen molar-refractivity contribution < 1.29 is 13.2 Å². The third-order valence-electron chi connectivity index (χ3n) is 3.19. The molecule has 0 aromatic heterocycles. The fourth-order valence-corrected chi connectivity index (χ4v) is 2.08. The average molecular weight is 315 g/mol. The summed E-state index contributed by atoms with van der Waals surface area (Å²) in [6.07, 6.45) is -4.27. The lowest BCUT2D eigenvalue weighted by Gasteiger charge is -2.13. The topological polar surface area (TPSA) is 36.4 Å². The molecule has 0 bridgehead atoms. The van der Waals surface area contributed by atoms with Crippen molar-refractivity contribution in [3.8, 4) is 0 Å². The number of nitrogens with one attached hydrogen (secondary N) is 2. The van der Waals surface area contributed by atoms with Crippen LogP contribution in [-0.4, -0.2) is 31.8 Å². The summed E-state index contributed by atoms with van der Waals surface area (Å²) in [5, 5.41) is 6.02. The van der Waals surface area contributed by atoms with E-state index in [1.807, 2.05) is 13.8 Å². The van der Waals surface area contributed by atoms with Gasteiger partial charge in [0.2, 0.25) is 0 Å². The number of rotatable bonds is 6. The highest BCUT2D eigenvalue weighted by Gasteiger charge is 2.26. The van der Waals surface area contributed by atoms with Crippen molar-refractivity contribution in [2.45, 2.75) is 39.8 Å². The zero-order valence-corrected chi connectivity index (χ0v) is 13.3. The van der Waals surface area contributed by atoms with Crippen molar-refractivity contribution in [2.24, 2.45) is 4.99 Å². The number of alkyl halides is 3. The number of guanidine groups is 1. The molecule has 0 aliphatic carbocycles. The molecule has 2 N–H and O–H groups in total. The predicted molar refractivity (Wildman–Crippen MR) is 84.3 cm³/mol. The summed E-state index contributed by atoms with van der Waals surface area (Å²) in [5.41, 5.74) is 3.67. The minimum atomic E-state index is -4.17. The second-order valence-corrected chi connectivity index (χ2v) is 5.23. The zero-order chi connectivity index (χ0) is 16.6. The Morgan fingerprint density at radius 2 is 1.91 bits per heavy atom. The third-order valence-corrected chi connectivity index (χ3v) is 3.19. The van der Waals surface area contributed by atoms with Crippen LogP contribution in [0, 0.1) is 13.8 Å². The molecule has 0 radical (unpaired) electrons. The maximum atomic E-state index is 12.1. The van der Waals surface area contributed by atoms with Gasteiger partial charge >= 0.3 is 6.18 Å². The Bertz CT molecular complexity index is 496. The Labute approximate surface area is 130 Å². The Kier molecular flexibility index (Phi) is 7.21. The van der Waals surface area contributed by atoms with Gasteiger partial charge in [-0.05, 0) is 38.3 Å². The Hall–Kier alpha value is -1.72. The van der Waals surface area contributed by atoms with Crippen LogP contribution in [0.5, 0.6) is 0 Å². The molecule has 0 fully saturated rings. The third kappa shape index (κ3) is 7.33. The van der Waals surface area contributed by atoms with Crippen LogP contribution in [0.2, 0.25) is 0 Å². The van der Waals surface area contributed by atoms with E-state index in [2.05, 4.69) is 40.7 Å². The van der Waals surface area contributed by atoms with Gasteiger partial charge in [-0.15, -0.1) is 0 Å². The van der Waals surface area contributed by atoms with Gasteiger partial charge in [0.25, 0.3) is 0 Å². The molecule has 22 heavy (non-hydrogen) atoms. The molecule has 1 aromatic carbocycles. The first-order valence-electron chi connectivity index (χ1n) is 7.47. The van der Waals surface area contributed by atoms with Crippen molar-refractivity contribution in [1.82, 2.24) is 10.6 Å². The lowest BCUT2D eigenvalue weighted by atomic mass is 10.0. The van der Waals surface area contributed by atoms with Gasteiger partial charge in [0.1, 0.15) is 0 Å². The normalized spacial score (nSPS) is 12.4. The Balaban J connectivity index is 2.48. The van der Waals surface area contributed by atoms with Crippen molar-refractivity contribution in [1.29, 1.82) is 0 Å². The van der Waals surface area contributed by atoms with Gasteiger partial charge in [-0.1, -0.05) is 23.8 Å². The fraction of sp³-hybridized carbons (Fsp3) is 0.562. The maximum absolute atomic E-state index is 12.1. The minimum absolute atomic E-state index is 0.262. The fourth-order valence-electron chi connectivity index (χ4n) is 2.08. The van der Waals surface area contributed by atoms with Crippen LogP contribution in [-0.2, 0) is 6.42 Å². The molecule has 1 aromatic rings. The van der Waals surface area contributed by atoms with Gasteiger partial charge in [-0.2, -0.15) is 13.2 Å². The van der Waals surface area contributed by atoms with Gasteiger partial charge < -0.3 is 10.6 Å². The second-order valence-electron chi connectivity index (χ2n) is 5.23. The highest BCUT2D eigenvalue weighted by molar-refractivity contribution is 5.79. The van der Waals surface area contributed by atoms with E-state index < -0.39 is 12.6 Å². The van der Waals surface area contributed by atoms with Crippen LogP contribution >= 0.6 is 0 Å². The van der Waals surface area contributed by atoms with E-state index in [1.54, 1.807) is 0 Å². The lowest BCUT2D eigenvalue weighted by Crippen LogP contribution is -2.38. The van der Waals surface area contributed by atoms with Crippen molar-refractivity contribution in [3.63, 3.8) is 0 Å². The van der Waals surface area contributed by atoms with E-state index in [1.165, 1.54) is 16.7 Å². The van der Waals surface area contributed by atoms with Crippen molar-refractivity contribution in [2.75, 3.05) is 19.6 Å².